The van der Waals surface area contributed by atoms with Gasteiger partial charge in [0.2, 0.25) is 0 Å². The van der Waals surface area contributed by atoms with E-state index in [0.717, 1.165) is 17.1 Å². The van der Waals surface area contributed by atoms with Crippen LogP contribution in [0.1, 0.15) is 18.9 Å². The molecule has 1 aromatic heterocycles. The van der Waals surface area contributed by atoms with Gasteiger partial charge in [-0.05, 0) is 25.8 Å². The first-order valence-corrected chi connectivity index (χ1v) is 4.73. The topological polar surface area (TPSA) is 71.2 Å². The van der Waals surface area contributed by atoms with E-state index < -0.39 is 0 Å². The van der Waals surface area contributed by atoms with Crippen LogP contribution < -0.4 is 11.1 Å². The number of pyridine rings is 1. The molecule has 4 nitrogen and oxygen atoms in total. The number of nitrogens with two attached hydrogens (primary N) is 1. The molecule has 0 amide bonds. The Morgan fingerprint density at radius 1 is 1.64 bits per heavy atom. The van der Waals surface area contributed by atoms with E-state index in [1.165, 1.54) is 0 Å². The predicted molar refractivity (Wildman–Crippen MR) is 58.2 cm³/mol. The van der Waals surface area contributed by atoms with Gasteiger partial charge in [-0.15, -0.1) is 0 Å². The summed E-state index contributed by atoms with van der Waals surface area (Å²) >= 11 is 0. The highest BCUT2D eigenvalue weighted by Crippen LogP contribution is 2.13. The van der Waals surface area contributed by atoms with Gasteiger partial charge in [-0.2, -0.15) is 0 Å². The Morgan fingerprint density at radius 3 is 2.93 bits per heavy atom. The highest BCUT2D eigenvalue weighted by Gasteiger charge is 1.99. The van der Waals surface area contributed by atoms with Gasteiger partial charge >= 0.3 is 0 Å². The normalized spacial score (nSPS) is 12.5. The molecule has 4 N–H and O–H groups in total. The number of anilines is 2. The average Bonchev–Trinajstić information content (AvgIpc) is 2.10. The van der Waals surface area contributed by atoms with Crippen molar-refractivity contribution >= 4 is 11.5 Å². The lowest BCUT2D eigenvalue weighted by molar-refractivity contribution is 0.188. The van der Waals surface area contributed by atoms with E-state index in [-0.39, 0.29) is 6.10 Å². The average molecular weight is 195 g/mol. The summed E-state index contributed by atoms with van der Waals surface area (Å²) in [6.45, 7) is 4.38. The number of hydrogen-bond acceptors (Lipinski definition) is 4. The fourth-order valence-electron chi connectivity index (χ4n) is 1.05. The van der Waals surface area contributed by atoms with Crippen molar-refractivity contribution in [2.45, 2.75) is 26.4 Å². The third kappa shape index (κ3) is 3.22. The first kappa shape index (κ1) is 10.8. The number of nitrogens with zero attached hydrogens (tertiary/aromatic N) is 1. The Labute approximate surface area is 84.2 Å². The van der Waals surface area contributed by atoms with Crippen LogP contribution in [0.3, 0.4) is 0 Å². The van der Waals surface area contributed by atoms with Crippen molar-refractivity contribution in [1.82, 2.24) is 4.98 Å². The molecule has 1 unspecified atom stereocenters. The van der Waals surface area contributed by atoms with Crippen molar-refractivity contribution in [3.8, 4) is 0 Å². The van der Waals surface area contributed by atoms with Crippen LogP contribution in [0.4, 0.5) is 11.5 Å². The highest BCUT2D eigenvalue weighted by molar-refractivity contribution is 5.53. The fourth-order valence-corrected chi connectivity index (χ4v) is 1.05. The Bertz CT molecular complexity index is 299. The molecule has 1 aromatic rings. The molecular formula is C10H17N3O. The summed E-state index contributed by atoms with van der Waals surface area (Å²) in [4.78, 5) is 4.16. The smallest absolute Gasteiger partial charge is 0.127 e. The molecule has 1 atom stereocenters. The van der Waals surface area contributed by atoms with Gasteiger partial charge in [0, 0.05) is 24.5 Å². The van der Waals surface area contributed by atoms with Crippen LogP contribution in [0, 0.1) is 6.92 Å². The molecule has 0 spiro atoms. The van der Waals surface area contributed by atoms with Crippen molar-refractivity contribution < 1.29 is 5.11 Å². The van der Waals surface area contributed by atoms with Crippen LogP contribution in [0.25, 0.3) is 0 Å². The van der Waals surface area contributed by atoms with E-state index in [0.29, 0.717) is 13.0 Å². The van der Waals surface area contributed by atoms with Gasteiger partial charge in [-0.3, -0.25) is 0 Å². The monoisotopic (exact) mass is 195 g/mol. The molecule has 0 radical (unpaired) electrons. The summed E-state index contributed by atoms with van der Waals surface area (Å²) in [6.07, 6.45) is 2.15. The summed E-state index contributed by atoms with van der Waals surface area (Å²) in [5.41, 5.74) is 7.44. The van der Waals surface area contributed by atoms with Crippen molar-refractivity contribution in [3.05, 3.63) is 17.8 Å². The lowest BCUT2D eigenvalue weighted by Crippen LogP contribution is -2.10. The molecule has 0 saturated carbocycles. The molecule has 0 fully saturated rings. The summed E-state index contributed by atoms with van der Waals surface area (Å²) in [5.74, 6) is 0.758. The molecule has 0 aliphatic heterocycles. The third-order valence-electron chi connectivity index (χ3n) is 2.01. The SMILES string of the molecule is Cc1cnc(NCCC(C)O)cc1N. The van der Waals surface area contributed by atoms with Gasteiger partial charge < -0.3 is 16.2 Å². The number of nitrogen functional groups attached to an aromatic ring is 1. The molecule has 1 rings (SSSR count). The minimum atomic E-state index is -0.287. The molecule has 1 heterocycles. The molecule has 4 heteroatoms. The van der Waals surface area contributed by atoms with Gasteiger partial charge in [-0.1, -0.05) is 0 Å². The molecule has 0 bridgehead atoms. The van der Waals surface area contributed by atoms with Crippen LogP contribution in [-0.2, 0) is 0 Å². The van der Waals surface area contributed by atoms with Crippen molar-refractivity contribution in [3.63, 3.8) is 0 Å². The van der Waals surface area contributed by atoms with E-state index in [1.54, 1.807) is 19.2 Å². The zero-order valence-corrected chi connectivity index (χ0v) is 8.62. The minimum Gasteiger partial charge on any atom is -0.398 e. The van der Waals surface area contributed by atoms with Gasteiger partial charge in [0.1, 0.15) is 5.82 Å². The summed E-state index contributed by atoms with van der Waals surface area (Å²) in [7, 11) is 0. The van der Waals surface area contributed by atoms with E-state index >= 15 is 0 Å². The molecule has 78 valence electrons. The molecule has 14 heavy (non-hydrogen) atoms. The Balaban J connectivity index is 2.47. The van der Waals surface area contributed by atoms with Gasteiger partial charge in [0.25, 0.3) is 0 Å². The second-order valence-electron chi connectivity index (χ2n) is 3.49. The Morgan fingerprint density at radius 2 is 2.36 bits per heavy atom. The zero-order valence-electron chi connectivity index (χ0n) is 8.62. The highest BCUT2D eigenvalue weighted by atomic mass is 16.3. The first-order chi connectivity index (χ1) is 6.59. The number of aromatic nitrogens is 1. The number of hydrogen-bond donors (Lipinski definition) is 3. The Kier molecular flexibility index (Phi) is 3.71. The standard InChI is InChI=1S/C10H17N3O/c1-7-6-13-10(5-9(7)11)12-4-3-8(2)14/h5-6,8,14H,3-4H2,1-2H3,(H3,11,12,13). The molecule has 0 aliphatic carbocycles. The van der Waals surface area contributed by atoms with Crippen LogP contribution in [-0.4, -0.2) is 22.7 Å². The number of aliphatic hydroxyl groups is 1. The zero-order chi connectivity index (χ0) is 10.6. The number of rotatable bonds is 4. The minimum absolute atomic E-state index is 0.287. The van der Waals surface area contributed by atoms with Crippen LogP contribution in [0.5, 0.6) is 0 Å². The predicted octanol–water partition coefficient (Wildman–Crippen LogP) is 1.16. The quantitative estimate of drug-likeness (QED) is 0.674. The fraction of sp³-hybridized carbons (Fsp3) is 0.500. The number of nitrogens with one attached hydrogen (secondary N) is 1. The van der Waals surface area contributed by atoms with E-state index in [9.17, 15) is 0 Å². The lowest BCUT2D eigenvalue weighted by atomic mass is 10.2. The number of aryl methyl sites for hydroxylation is 1. The van der Waals surface area contributed by atoms with Crippen LogP contribution >= 0.6 is 0 Å². The summed E-state index contributed by atoms with van der Waals surface area (Å²) in [5, 5.41) is 12.1. The molecular weight excluding hydrogens is 178 g/mol. The van der Waals surface area contributed by atoms with Gasteiger partial charge in [-0.25, -0.2) is 4.98 Å². The van der Waals surface area contributed by atoms with Crippen molar-refractivity contribution in [2.75, 3.05) is 17.6 Å². The third-order valence-corrected chi connectivity index (χ3v) is 2.01. The van der Waals surface area contributed by atoms with Gasteiger partial charge in [0.15, 0.2) is 0 Å². The van der Waals surface area contributed by atoms with Crippen LogP contribution in [0.15, 0.2) is 12.3 Å². The van der Waals surface area contributed by atoms with E-state index in [2.05, 4.69) is 10.3 Å². The molecule has 0 saturated heterocycles. The number of aliphatic hydroxyl groups excluding tert-OH is 1. The first-order valence-electron chi connectivity index (χ1n) is 4.73. The van der Waals surface area contributed by atoms with Crippen molar-refractivity contribution in [1.29, 1.82) is 0 Å². The summed E-state index contributed by atoms with van der Waals surface area (Å²) in [6, 6.07) is 1.80. The van der Waals surface area contributed by atoms with Gasteiger partial charge in [0.05, 0.1) is 6.10 Å². The largest absolute Gasteiger partial charge is 0.398 e. The Hall–Kier alpha value is -1.29. The van der Waals surface area contributed by atoms with Crippen molar-refractivity contribution in [2.24, 2.45) is 0 Å². The second-order valence-corrected chi connectivity index (χ2v) is 3.49. The maximum absolute atomic E-state index is 9.04. The maximum atomic E-state index is 9.04. The molecule has 0 aliphatic rings. The summed E-state index contributed by atoms with van der Waals surface area (Å²) < 4.78 is 0. The second kappa shape index (κ2) is 4.81. The molecule has 0 aromatic carbocycles. The van der Waals surface area contributed by atoms with E-state index in [4.69, 9.17) is 10.8 Å². The lowest BCUT2D eigenvalue weighted by Gasteiger charge is -2.08. The van der Waals surface area contributed by atoms with Crippen LogP contribution in [0.2, 0.25) is 0 Å². The van der Waals surface area contributed by atoms with E-state index in [1.807, 2.05) is 6.92 Å². The maximum Gasteiger partial charge on any atom is 0.127 e.